The van der Waals surface area contributed by atoms with Crippen LogP contribution in [-0.4, -0.2) is 5.78 Å². The first-order chi connectivity index (χ1) is 13.0. The Kier molecular flexibility index (Phi) is 4.56. The lowest BCUT2D eigenvalue weighted by Gasteiger charge is -2.63. The summed E-state index contributed by atoms with van der Waals surface area (Å²) in [6.07, 6.45) is 18.8. The Labute approximate surface area is 167 Å². The van der Waals surface area contributed by atoms with Gasteiger partial charge >= 0.3 is 0 Å². The van der Waals surface area contributed by atoms with Gasteiger partial charge in [-0.1, -0.05) is 33.1 Å². The molecular weight excluding hydrogens is 328 g/mol. The first kappa shape index (κ1) is 18.7. The first-order valence-electron chi connectivity index (χ1n) is 12.5. The summed E-state index contributed by atoms with van der Waals surface area (Å²) in [5.41, 5.74) is 1.06. The van der Waals surface area contributed by atoms with Crippen LogP contribution in [0.1, 0.15) is 104 Å². The molecule has 0 saturated heterocycles. The maximum atomic E-state index is 12.5. The fourth-order valence-electron chi connectivity index (χ4n) is 9.63. The van der Waals surface area contributed by atoms with Gasteiger partial charge in [-0.05, 0) is 117 Å². The topological polar surface area (TPSA) is 17.1 Å². The average Bonchev–Trinajstić information content (AvgIpc) is 3.51. The van der Waals surface area contributed by atoms with Gasteiger partial charge < -0.3 is 0 Å². The van der Waals surface area contributed by atoms with E-state index < -0.39 is 0 Å². The van der Waals surface area contributed by atoms with Crippen molar-refractivity contribution < 1.29 is 4.79 Å². The molecule has 152 valence electrons. The molecule has 5 rings (SSSR count). The molecule has 3 unspecified atom stereocenters. The molecule has 0 aromatic heterocycles. The first-order valence-corrected chi connectivity index (χ1v) is 12.5. The number of Topliss-reactive ketones (excluding diaryl/α,β-unsaturated/α-hetero) is 1. The molecule has 0 aromatic rings. The van der Waals surface area contributed by atoms with Crippen LogP contribution < -0.4 is 0 Å². The monoisotopic (exact) mass is 370 g/mol. The molecule has 0 heterocycles. The summed E-state index contributed by atoms with van der Waals surface area (Å²) in [7, 11) is 0. The second kappa shape index (κ2) is 6.60. The number of hydrogen-bond donors (Lipinski definition) is 0. The van der Waals surface area contributed by atoms with Crippen LogP contribution in [0.5, 0.6) is 0 Å². The number of hydrogen-bond acceptors (Lipinski definition) is 1. The summed E-state index contributed by atoms with van der Waals surface area (Å²) in [5.74, 6) is 6.79. The zero-order valence-corrected chi connectivity index (χ0v) is 18.1. The quantitative estimate of drug-likeness (QED) is 0.520. The van der Waals surface area contributed by atoms with Gasteiger partial charge in [-0.2, -0.15) is 0 Å². The van der Waals surface area contributed by atoms with Gasteiger partial charge in [0.05, 0.1) is 0 Å². The molecule has 0 N–H and O–H groups in total. The van der Waals surface area contributed by atoms with Crippen molar-refractivity contribution in [2.24, 2.45) is 52.3 Å². The van der Waals surface area contributed by atoms with Crippen LogP contribution in [0, 0.1) is 52.3 Å². The van der Waals surface area contributed by atoms with Gasteiger partial charge in [-0.3, -0.25) is 4.79 Å². The second-order valence-corrected chi connectivity index (χ2v) is 11.8. The van der Waals surface area contributed by atoms with Crippen LogP contribution in [0.15, 0.2) is 0 Å². The minimum absolute atomic E-state index is 0.325. The Balaban J connectivity index is 1.44. The standard InChI is InChI=1S/C26H42O/c1-4-18-8-11-24-21-12-14-25(3)22(17(2)27)6-5-7-23(25)20(21)13-15-26(24,16-18)19-9-10-19/h18-24H,4-16H2,1-3H3/t18-,20+,21?,22?,23?,24+,25+,26+/m0/s1. The molecule has 0 radical (unpaired) electrons. The third kappa shape index (κ3) is 2.72. The number of fused-ring (bicyclic) bond motifs is 5. The molecule has 5 aliphatic carbocycles. The van der Waals surface area contributed by atoms with Gasteiger partial charge in [0.15, 0.2) is 0 Å². The summed E-state index contributed by atoms with van der Waals surface area (Å²) < 4.78 is 0. The van der Waals surface area contributed by atoms with E-state index in [1.165, 1.54) is 77.0 Å². The van der Waals surface area contributed by atoms with E-state index in [2.05, 4.69) is 13.8 Å². The molecule has 5 fully saturated rings. The Morgan fingerprint density at radius 2 is 1.63 bits per heavy atom. The van der Waals surface area contributed by atoms with Gasteiger partial charge in [-0.15, -0.1) is 0 Å². The largest absolute Gasteiger partial charge is 0.300 e. The summed E-state index contributed by atoms with van der Waals surface area (Å²) >= 11 is 0. The van der Waals surface area contributed by atoms with Crippen molar-refractivity contribution in [3.8, 4) is 0 Å². The van der Waals surface area contributed by atoms with E-state index >= 15 is 0 Å². The van der Waals surface area contributed by atoms with E-state index in [4.69, 9.17) is 0 Å². The highest BCUT2D eigenvalue weighted by Crippen LogP contribution is 2.70. The fraction of sp³-hybridized carbons (Fsp3) is 0.962. The van der Waals surface area contributed by atoms with Crippen molar-refractivity contribution in [3.63, 3.8) is 0 Å². The minimum Gasteiger partial charge on any atom is -0.300 e. The van der Waals surface area contributed by atoms with Crippen LogP contribution in [0.3, 0.4) is 0 Å². The van der Waals surface area contributed by atoms with Crippen molar-refractivity contribution in [1.82, 2.24) is 0 Å². The molecule has 0 amide bonds. The van der Waals surface area contributed by atoms with Gasteiger partial charge in [0.2, 0.25) is 0 Å². The van der Waals surface area contributed by atoms with Crippen molar-refractivity contribution in [2.45, 2.75) is 104 Å². The Morgan fingerprint density at radius 1 is 0.889 bits per heavy atom. The zero-order chi connectivity index (χ0) is 18.8. The predicted molar refractivity (Wildman–Crippen MR) is 111 cm³/mol. The van der Waals surface area contributed by atoms with Crippen LogP contribution >= 0.6 is 0 Å². The number of ketones is 1. The molecule has 27 heavy (non-hydrogen) atoms. The second-order valence-electron chi connectivity index (χ2n) is 11.8. The summed E-state index contributed by atoms with van der Waals surface area (Å²) in [4.78, 5) is 12.5. The van der Waals surface area contributed by atoms with Crippen LogP contribution in [0.25, 0.3) is 0 Å². The molecule has 0 spiro atoms. The number of carbonyl (C=O) groups is 1. The number of rotatable bonds is 3. The Morgan fingerprint density at radius 3 is 2.33 bits per heavy atom. The van der Waals surface area contributed by atoms with Gasteiger partial charge in [-0.25, -0.2) is 0 Å². The molecule has 5 saturated carbocycles. The highest BCUT2D eigenvalue weighted by molar-refractivity contribution is 5.79. The third-order valence-corrected chi connectivity index (χ3v) is 10.9. The van der Waals surface area contributed by atoms with E-state index in [0.29, 0.717) is 17.1 Å². The molecule has 1 nitrogen and oxygen atoms in total. The molecule has 0 aliphatic heterocycles. The van der Waals surface area contributed by atoms with E-state index in [9.17, 15) is 4.79 Å². The van der Waals surface area contributed by atoms with Crippen LogP contribution in [-0.2, 0) is 4.79 Å². The van der Waals surface area contributed by atoms with E-state index in [1.54, 1.807) is 6.42 Å². The molecule has 8 atom stereocenters. The normalized spacial score (nSPS) is 52.4. The van der Waals surface area contributed by atoms with Crippen LogP contribution in [0.4, 0.5) is 0 Å². The van der Waals surface area contributed by atoms with Gasteiger partial charge in [0.1, 0.15) is 5.78 Å². The third-order valence-electron chi connectivity index (χ3n) is 10.9. The Bertz CT molecular complexity index is 591. The maximum absolute atomic E-state index is 12.5. The SMILES string of the molecule is CC[C@H]1CC[C@@H]2C3CC[C@]4(C)C(C(C)=O)CCCC4[C@@H]3CC[C@]2(C2CC2)C1. The number of carbonyl (C=O) groups excluding carboxylic acids is 1. The molecular formula is C26H42O. The summed E-state index contributed by atoms with van der Waals surface area (Å²) in [6.45, 7) is 6.85. The highest BCUT2D eigenvalue weighted by Gasteiger charge is 2.62. The Hall–Kier alpha value is -0.330. The van der Waals surface area contributed by atoms with Crippen molar-refractivity contribution in [1.29, 1.82) is 0 Å². The summed E-state index contributed by atoms with van der Waals surface area (Å²) in [5, 5.41) is 0. The fourth-order valence-corrected chi connectivity index (χ4v) is 9.63. The highest BCUT2D eigenvalue weighted by atomic mass is 16.1. The predicted octanol–water partition coefficient (Wildman–Crippen LogP) is 7.04. The van der Waals surface area contributed by atoms with E-state index in [-0.39, 0.29) is 0 Å². The zero-order valence-electron chi connectivity index (χ0n) is 18.1. The lowest BCUT2D eigenvalue weighted by molar-refractivity contribution is -0.155. The molecule has 1 heteroatoms. The smallest absolute Gasteiger partial charge is 0.133 e. The lowest BCUT2D eigenvalue weighted by atomic mass is 9.41. The van der Waals surface area contributed by atoms with E-state index in [1.807, 2.05) is 6.92 Å². The van der Waals surface area contributed by atoms with Gasteiger partial charge in [0, 0.05) is 5.92 Å². The average molecular weight is 371 g/mol. The minimum atomic E-state index is 0.325. The van der Waals surface area contributed by atoms with Crippen molar-refractivity contribution in [3.05, 3.63) is 0 Å². The van der Waals surface area contributed by atoms with Gasteiger partial charge in [0.25, 0.3) is 0 Å². The van der Waals surface area contributed by atoms with Crippen LogP contribution in [0.2, 0.25) is 0 Å². The molecule has 0 bridgehead atoms. The van der Waals surface area contributed by atoms with Crippen molar-refractivity contribution in [2.75, 3.05) is 0 Å². The molecule has 0 aromatic carbocycles. The van der Waals surface area contributed by atoms with Crippen molar-refractivity contribution >= 4 is 5.78 Å². The van der Waals surface area contributed by atoms with E-state index in [0.717, 1.165) is 40.9 Å². The lowest BCUT2D eigenvalue weighted by Crippen LogP contribution is -2.56. The summed E-state index contributed by atoms with van der Waals surface area (Å²) in [6, 6.07) is 0. The molecule has 5 aliphatic rings. The maximum Gasteiger partial charge on any atom is 0.133 e.